The summed E-state index contributed by atoms with van der Waals surface area (Å²) in [7, 11) is 1.65. The minimum Gasteiger partial charge on any atom is -0.388 e. The number of nitrogens with zero attached hydrogens (tertiary/aromatic N) is 2. The number of nitrogens with one attached hydrogen (secondary N) is 2. The molecule has 1 aliphatic rings. The minimum atomic E-state index is -3.00. The van der Waals surface area contributed by atoms with E-state index in [9.17, 15) is 18.4 Å². The average molecular weight is 416 g/mol. The highest BCUT2D eigenvalue weighted by atomic mass is 19.3. The molecule has 1 aliphatic carbocycles. The van der Waals surface area contributed by atoms with E-state index < -0.39 is 17.9 Å². The summed E-state index contributed by atoms with van der Waals surface area (Å²) >= 11 is 0. The normalized spacial score (nSPS) is 15.3. The Bertz CT molecular complexity index is 1020. The Morgan fingerprint density at radius 1 is 1.23 bits per heavy atom. The maximum Gasteiger partial charge on any atom is 0.272 e. The van der Waals surface area contributed by atoms with Gasteiger partial charge >= 0.3 is 0 Å². The molecule has 1 aromatic carbocycles. The Kier molecular flexibility index (Phi) is 6.34. The first-order chi connectivity index (χ1) is 14.2. The average Bonchev–Trinajstić information content (AvgIpc) is 2.73. The molecule has 1 atom stereocenters. The van der Waals surface area contributed by atoms with Gasteiger partial charge in [0.25, 0.3) is 17.4 Å². The SMILES string of the molecule is CNc1cc(C(C)NC(=O)c2ccc(=O)n(C3=CCCCC3)n2)cc(C(C)(F)F)c1. The lowest BCUT2D eigenvalue weighted by Gasteiger charge is -2.19. The second-order valence-electron chi connectivity index (χ2n) is 7.59. The molecule has 0 saturated heterocycles. The number of hydrogen-bond donors (Lipinski definition) is 2. The van der Waals surface area contributed by atoms with Crippen LogP contribution in [0.5, 0.6) is 0 Å². The molecule has 0 aliphatic heterocycles. The molecule has 0 spiro atoms. The highest BCUT2D eigenvalue weighted by Crippen LogP contribution is 2.31. The summed E-state index contributed by atoms with van der Waals surface area (Å²) in [5.41, 5.74) is 1.53. The number of hydrogen-bond acceptors (Lipinski definition) is 4. The number of carbonyl (C=O) groups excluding carboxylic acids is 1. The van der Waals surface area contributed by atoms with E-state index in [1.807, 2.05) is 6.08 Å². The summed E-state index contributed by atoms with van der Waals surface area (Å²) < 4.78 is 28.9. The van der Waals surface area contributed by atoms with Gasteiger partial charge in [0, 0.05) is 37.0 Å². The Hall–Kier alpha value is -3.03. The first kappa shape index (κ1) is 21.7. The van der Waals surface area contributed by atoms with Gasteiger partial charge in [0.1, 0.15) is 5.69 Å². The molecule has 2 N–H and O–H groups in total. The summed E-state index contributed by atoms with van der Waals surface area (Å²) in [5.74, 6) is -3.48. The zero-order valence-corrected chi connectivity index (χ0v) is 17.3. The Labute approximate surface area is 174 Å². The predicted molar refractivity (Wildman–Crippen MR) is 113 cm³/mol. The topological polar surface area (TPSA) is 76.0 Å². The fraction of sp³-hybridized carbons (Fsp3) is 0.409. The lowest BCUT2D eigenvalue weighted by atomic mass is 10.0. The van der Waals surface area contributed by atoms with Gasteiger partial charge in [-0.25, -0.2) is 13.5 Å². The van der Waals surface area contributed by atoms with Crippen LogP contribution < -0.4 is 16.2 Å². The number of halogens is 2. The number of anilines is 1. The molecule has 1 unspecified atom stereocenters. The van der Waals surface area contributed by atoms with Gasteiger partial charge in [0.05, 0.1) is 6.04 Å². The third-order valence-corrected chi connectivity index (χ3v) is 5.17. The van der Waals surface area contributed by atoms with Gasteiger partial charge in [-0.05, 0) is 62.4 Å². The third kappa shape index (κ3) is 4.93. The molecular weight excluding hydrogens is 390 g/mol. The van der Waals surface area contributed by atoms with Crippen molar-refractivity contribution < 1.29 is 13.6 Å². The Morgan fingerprint density at radius 2 is 2.00 bits per heavy atom. The van der Waals surface area contributed by atoms with Crippen LogP contribution in [0.15, 0.2) is 41.2 Å². The van der Waals surface area contributed by atoms with E-state index in [2.05, 4.69) is 15.7 Å². The van der Waals surface area contributed by atoms with Gasteiger partial charge in [-0.15, -0.1) is 0 Å². The van der Waals surface area contributed by atoms with Crippen LogP contribution >= 0.6 is 0 Å². The second kappa shape index (κ2) is 8.77. The van der Waals surface area contributed by atoms with Gasteiger partial charge in [-0.3, -0.25) is 9.59 Å². The van der Waals surface area contributed by atoms with Crippen LogP contribution in [0.2, 0.25) is 0 Å². The van der Waals surface area contributed by atoms with E-state index in [0.29, 0.717) is 11.3 Å². The van der Waals surface area contributed by atoms with Crippen molar-refractivity contribution in [3.8, 4) is 0 Å². The van der Waals surface area contributed by atoms with E-state index >= 15 is 0 Å². The van der Waals surface area contributed by atoms with E-state index in [-0.39, 0.29) is 16.8 Å². The lowest BCUT2D eigenvalue weighted by Crippen LogP contribution is -2.31. The van der Waals surface area contributed by atoms with Crippen LogP contribution in [0.4, 0.5) is 14.5 Å². The molecule has 160 valence electrons. The fourth-order valence-electron chi connectivity index (χ4n) is 3.40. The molecule has 30 heavy (non-hydrogen) atoms. The molecule has 0 bridgehead atoms. The van der Waals surface area contributed by atoms with Gasteiger partial charge in [0.2, 0.25) is 0 Å². The third-order valence-electron chi connectivity index (χ3n) is 5.17. The fourth-order valence-corrected chi connectivity index (χ4v) is 3.40. The van der Waals surface area contributed by atoms with Crippen LogP contribution in [-0.4, -0.2) is 22.7 Å². The number of alkyl halides is 2. The summed E-state index contributed by atoms with van der Waals surface area (Å²) in [4.78, 5) is 24.9. The molecule has 0 saturated carbocycles. The van der Waals surface area contributed by atoms with E-state index in [1.54, 1.807) is 20.0 Å². The number of aromatic nitrogens is 2. The van der Waals surface area contributed by atoms with Gasteiger partial charge in [-0.1, -0.05) is 6.08 Å². The number of rotatable bonds is 6. The van der Waals surface area contributed by atoms with Crippen molar-refractivity contribution in [1.82, 2.24) is 15.1 Å². The van der Waals surface area contributed by atoms with Crippen LogP contribution in [0.25, 0.3) is 5.70 Å². The zero-order valence-electron chi connectivity index (χ0n) is 17.3. The van der Waals surface area contributed by atoms with Crippen molar-refractivity contribution in [2.75, 3.05) is 12.4 Å². The van der Waals surface area contributed by atoms with E-state index in [4.69, 9.17) is 0 Å². The Balaban J connectivity index is 1.84. The first-order valence-corrected chi connectivity index (χ1v) is 10.0. The Morgan fingerprint density at radius 3 is 2.63 bits per heavy atom. The highest BCUT2D eigenvalue weighted by Gasteiger charge is 2.26. The van der Waals surface area contributed by atoms with Gasteiger partial charge < -0.3 is 10.6 Å². The first-order valence-electron chi connectivity index (χ1n) is 10.0. The van der Waals surface area contributed by atoms with Crippen LogP contribution in [0.1, 0.15) is 67.2 Å². The van der Waals surface area contributed by atoms with Crippen molar-refractivity contribution in [2.45, 2.75) is 51.5 Å². The number of amides is 1. The summed E-state index contributed by atoms with van der Waals surface area (Å²) in [5, 5.41) is 9.87. The van der Waals surface area contributed by atoms with Crippen molar-refractivity contribution in [3.63, 3.8) is 0 Å². The molecule has 1 amide bonds. The highest BCUT2D eigenvalue weighted by molar-refractivity contribution is 5.92. The van der Waals surface area contributed by atoms with Crippen LogP contribution in [0, 0.1) is 0 Å². The second-order valence-corrected chi connectivity index (χ2v) is 7.59. The quantitative estimate of drug-likeness (QED) is 0.736. The molecule has 6 nitrogen and oxygen atoms in total. The maximum absolute atomic E-state index is 13.8. The number of benzene rings is 1. The van der Waals surface area contributed by atoms with Crippen molar-refractivity contribution in [1.29, 1.82) is 0 Å². The molecule has 3 rings (SSSR count). The maximum atomic E-state index is 13.8. The number of allylic oxidation sites excluding steroid dienone is 2. The summed E-state index contributed by atoms with van der Waals surface area (Å²) in [6.07, 6.45) is 5.63. The van der Waals surface area contributed by atoms with Crippen molar-refractivity contribution in [3.05, 3.63) is 63.6 Å². The lowest BCUT2D eigenvalue weighted by molar-refractivity contribution is 0.0174. The smallest absolute Gasteiger partial charge is 0.272 e. The molecule has 2 aromatic rings. The molecule has 0 fully saturated rings. The van der Waals surface area contributed by atoms with E-state index in [0.717, 1.165) is 38.3 Å². The van der Waals surface area contributed by atoms with Gasteiger partial charge in [-0.2, -0.15) is 5.10 Å². The summed E-state index contributed by atoms with van der Waals surface area (Å²) in [6.45, 7) is 2.55. The standard InChI is InChI=1S/C22H26F2N4O2/c1-14(15-11-16(22(2,23)24)13-17(12-15)25-3)26-21(30)19-9-10-20(29)28(27-19)18-7-5-4-6-8-18/h7,9-14,25H,4-6,8H2,1-3H3,(H,26,30). The van der Waals surface area contributed by atoms with Crippen LogP contribution in [-0.2, 0) is 5.92 Å². The summed E-state index contributed by atoms with van der Waals surface area (Å²) in [6, 6.07) is 6.63. The van der Waals surface area contributed by atoms with Crippen LogP contribution in [0.3, 0.4) is 0 Å². The monoisotopic (exact) mass is 416 g/mol. The van der Waals surface area contributed by atoms with Crippen molar-refractivity contribution >= 4 is 17.3 Å². The molecule has 8 heteroatoms. The zero-order chi connectivity index (χ0) is 21.9. The molecule has 1 heterocycles. The predicted octanol–water partition coefficient (Wildman–Crippen LogP) is 4.30. The molecule has 1 aromatic heterocycles. The number of carbonyl (C=O) groups is 1. The molecule has 0 radical (unpaired) electrons. The minimum absolute atomic E-state index is 0.0961. The molecular formula is C22H26F2N4O2. The van der Waals surface area contributed by atoms with Gasteiger partial charge in [0.15, 0.2) is 0 Å². The van der Waals surface area contributed by atoms with E-state index in [1.165, 1.54) is 28.9 Å². The van der Waals surface area contributed by atoms with Crippen molar-refractivity contribution in [2.24, 2.45) is 0 Å². The largest absolute Gasteiger partial charge is 0.388 e.